The van der Waals surface area contributed by atoms with Crippen LogP contribution < -0.4 is 14.8 Å². The van der Waals surface area contributed by atoms with Gasteiger partial charge in [0.25, 0.3) is 0 Å². The van der Waals surface area contributed by atoms with Crippen LogP contribution in [0, 0.1) is 0 Å². The number of amides is 1. The van der Waals surface area contributed by atoms with Crippen molar-refractivity contribution in [2.24, 2.45) is 0 Å². The lowest BCUT2D eigenvalue weighted by Gasteiger charge is -2.19. The third kappa shape index (κ3) is 4.93. The van der Waals surface area contributed by atoms with Crippen LogP contribution in [0.15, 0.2) is 42.5 Å². The van der Waals surface area contributed by atoms with Crippen molar-refractivity contribution in [3.63, 3.8) is 0 Å². The molecule has 1 N–H and O–H groups in total. The third-order valence-corrected chi connectivity index (χ3v) is 6.66. The van der Waals surface area contributed by atoms with Crippen molar-refractivity contribution in [1.29, 1.82) is 0 Å². The van der Waals surface area contributed by atoms with Crippen molar-refractivity contribution in [2.45, 2.75) is 57.6 Å². The van der Waals surface area contributed by atoms with Gasteiger partial charge in [-0.1, -0.05) is 18.2 Å². The summed E-state index contributed by atoms with van der Waals surface area (Å²) in [5, 5.41) is 4.08. The summed E-state index contributed by atoms with van der Waals surface area (Å²) in [6.45, 7) is 1.99. The van der Waals surface area contributed by atoms with Gasteiger partial charge in [-0.3, -0.25) is 4.79 Å². The van der Waals surface area contributed by atoms with E-state index in [0.717, 1.165) is 45.1 Å². The van der Waals surface area contributed by atoms with E-state index >= 15 is 0 Å². The van der Waals surface area contributed by atoms with Gasteiger partial charge >= 0.3 is 0 Å². The smallest absolute Gasteiger partial charge is 0.220 e. The maximum absolute atomic E-state index is 12.5. The summed E-state index contributed by atoms with van der Waals surface area (Å²) in [6, 6.07) is 13.9. The highest BCUT2D eigenvalue weighted by Crippen LogP contribution is 2.33. The van der Waals surface area contributed by atoms with Crippen LogP contribution >= 0.6 is 11.3 Å². The fraction of sp³-hybridized carbons (Fsp3) is 0.417. The number of benzene rings is 2. The summed E-state index contributed by atoms with van der Waals surface area (Å²) in [4.78, 5) is 17.1. The number of para-hydroxylation sites is 1. The lowest BCUT2D eigenvalue weighted by atomic mass is 10.1. The van der Waals surface area contributed by atoms with Gasteiger partial charge in [-0.05, 0) is 62.4 Å². The van der Waals surface area contributed by atoms with Crippen molar-refractivity contribution < 1.29 is 14.3 Å². The normalized spacial score (nSPS) is 15.3. The molecule has 1 aromatic heterocycles. The van der Waals surface area contributed by atoms with Gasteiger partial charge in [-0.2, -0.15) is 0 Å². The molecule has 1 fully saturated rings. The molecule has 0 bridgehead atoms. The van der Waals surface area contributed by atoms with Gasteiger partial charge in [0, 0.05) is 12.8 Å². The zero-order chi connectivity index (χ0) is 20.9. The predicted molar refractivity (Wildman–Crippen MR) is 120 cm³/mol. The molecule has 1 aliphatic carbocycles. The molecule has 1 aliphatic rings. The molecular formula is C24H28N2O3S. The Morgan fingerprint density at radius 3 is 2.77 bits per heavy atom. The van der Waals surface area contributed by atoms with Crippen molar-refractivity contribution >= 4 is 27.5 Å². The molecule has 0 radical (unpaired) electrons. The number of hydrogen-bond donors (Lipinski definition) is 1. The molecule has 3 aromatic rings. The molecule has 0 saturated heterocycles. The number of carbonyl (C=O) groups excluding carboxylic acids is 1. The third-order valence-electron chi connectivity index (χ3n) is 5.57. The topological polar surface area (TPSA) is 60.5 Å². The van der Waals surface area contributed by atoms with Gasteiger partial charge in [-0.15, -0.1) is 11.3 Å². The van der Waals surface area contributed by atoms with E-state index in [1.807, 2.05) is 43.3 Å². The number of aryl methyl sites for hydroxylation is 1. The summed E-state index contributed by atoms with van der Waals surface area (Å²) in [5.74, 6) is 1.52. The van der Waals surface area contributed by atoms with Crippen molar-refractivity contribution in [3.05, 3.63) is 53.0 Å². The number of methoxy groups -OCH3 is 1. The average molecular weight is 425 g/mol. The van der Waals surface area contributed by atoms with Crippen LogP contribution in [0.4, 0.5) is 0 Å². The van der Waals surface area contributed by atoms with E-state index in [0.29, 0.717) is 12.8 Å². The summed E-state index contributed by atoms with van der Waals surface area (Å²) >= 11 is 1.65. The number of aromatic nitrogens is 1. The Kier molecular flexibility index (Phi) is 6.53. The van der Waals surface area contributed by atoms with Crippen molar-refractivity contribution in [2.75, 3.05) is 7.11 Å². The van der Waals surface area contributed by atoms with Crippen LogP contribution in [-0.2, 0) is 11.2 Å². The minimum absolute atomic E-state index is 0.0204. The highest BCUT2D eigenvalue weighted by molar-refractivity contribution is 7.18. The quantitative estimate of drug-likeness (QED) is 0.523. The zero-order valence-corrected chi connectivity index (χ0v) is 18.3. The van der Waals surface area contributed by atoms with Gasteiger partial charge in [0.15, 0.2) is 11.5 Å². The van der Waals surface area contributed by atoms with E-state index in [1.165, 1.54) is 12.8 Å². The maximum Gasteiger partial charge on any atom is 0.220 e. The minimum atomic E-state index is -0.109. The first-order valence-corrected chi connectivity index (χ1v) is 11.4. The summed E-state index contributed by atoms with van der Waals surface area (Å²) < 4.78 is 12.8. The number of ether oxygens (including phenoxy) is 2. The van der Waals surface area contributed by atoms with E-state index in [2.05, 4.69) is 16.4 Å². The highest BCUT2D eigenvalue weighted by atomic mass is 32.1. The Bertz CT molecular complexity index is 978. The van der Waals surface area contributed by atoms with Crippen molar-refractivity contribution in [1.82, 2.24) is 10.3 Å². The Morgan fingerprint density at radius 1 is 1.20 bits per heavy atom. The van der Waals surface area contributed by atoms with Crippen LogP contribution in [0.3, 0.4) is 0 Å². The standard InChI is InChI=1S/C24H28N2O3S/c1-16(17-11-12-20(21(15-17)28-2)29-18-7-3-4-8-18)25-23(27)13-14-24-26-19-9-5-6-10-22(19)30-24/h5-6,9-12,15-16,18H,3-4,7-8,13-14H2,1-2H3,(H,25,27). The number of nitrogens with zero attached hydrogens (tertiary/aromatic N) is 1. The molecule has 1 amide bonds. The number of carbonyl (C=O) groups is 1. The average Bonchev–Trinajstić information content (AvgIpc) is 3.41. The molecule has 30 heavy (non-hydrogen) atoms. The lowest BCUT2D eigenvalue weighted by molar-refractivity contribution is -0.121. The fourth-order valence-electron chi connectivity index (χ4n) is 3.88. The Balaban J connectivity index is 1.33. The van der Waals surface area contributed by atoms with Crippen LogP contribution in [0.1, 0.15) is 55.6 Å². The number of hydrogen-bond acceptors (Lipinski definition) is 5. The Labute approximate surface area is 181 Å². The largest absolute Gasteiger partial charge is 0.493 e. The molecule has 4 rings (SSSR count). The number of rotatable bonds is 8. The lowest BCUT2D eigenvalue weighted by Crippen LogP contribution is -2.26. The molecule has 0 aliphatic heterocycles. The van der Waals surface area contributed by atoms with E-state index < -0.39 is 0 Å². The molecule has 0 spiro atoms. The van der Waals surface area contributed by atoms with Crippen LogP contribution in [-0.4, -0.2) is 24.1 Å². The summed E-state index contributed by atoms with van der Waals surface area (Å²) in [5.41, 5.74) is 2.00. The van der Waals surface area contributed by atoms with Gasteiger partial charge in [-0.25, -0.2) is 4.98 Å². The molecule has 158 valence electrons. The molecule has 1 unspecified atom stereocenters. The number of thiazole rings is 1. The SMILES string of the molecule is COc1cc(C(C)NC(=O)CCc2nc3ccccc3s2)ccc1OC1CCCC1. The second kappa shape index (κ2) is 9.47. The molecular weight excluding hydrogens is 396 g/mol. The minimum Gasteiger partial charge on any atom is -0.493 e. The fourth-order valence-corrected chi connectivity index (χ4v) is 4.85. The second-order valence-electron chi connectivity index (χ2n) is 7.80. The first-order valence-electron chi connectivity index (χ1n) is 10.6. The molecule has 1 atom stereocenters. The molecule has 1 heterocycles. The molecule has 2 aromatic carbocycles. The highest BCUT2D eigenvalue weighted by Gasteiger charge is 2.19. The second-order valence-corrected chi connectivity index (χ2v) is 8.91. The number of fused-ring (bicyclic) bond motifs is 1. The maximum atomic E-state index is 12.5. The molecule has 1 saturated carbocycles. The van der Waals surface area contributed by atoms with Gasteiger partial charge in [0.1, 0.15) is 0 Å². The van der Waals surface area contributed by atoms with Gasteiger partial charge < -0.3 is 14.8 Å². The van der Waals surface area contributed by atoms with Gasteiger partial charge in [0.05, 0.1) is 34.5 Å². The summed E-state index contributed by atoms with van der Waals surface area (Å²) in [6.07, 6.45) is 6.01. The van der Waals surface area contributed by atoms with Crippen LogP contribution in [0.2, 0.25) is 0 Å². The van der Waals surface area contributed by atoms with E-state index in [9.17, 15) is 4.79 Å². The first kappa shape index (κ1) is 20.7. The van der Waals surface area contributed by atoms with E-state index in [1.54, 1.807) is 18.4 Å². The molecule has 5 nitrogen and oxygen atoms in total. The molecule has 6 heteroatoms. The predicted octanol–water partition coefficient (Wildman–Crippen LogP) is 5.44. The van der Waals surface area contributed by atoms with Gasteiger partial charge in [0.2, 0.25) is 5.91 Å². The summed E-state index contributed by atoms with van der Waals surface area (Å²) in [7, 11) is 1.65. The van der Waals surface area contributed by atoms with Crippen molar-refractivity contribution in [3.8, 4) is 11.5 Å². The number of nitrogens with one attached hydrogen (secondary N) is 1. The zero-order valence-electron chi connectivity index (χ0n) is 17.5. The van der Waals surface area contributed by atoms with E-state index in [-0.39, 0.29) is 18.1 Å². The monoisotopic (exact) mass is 424 g/mol. The Morgan fingerprint density at radius 2 is 2.00 bits per heavy atom. The van der Waals surface area contributed by atoms with Crippen LogP contribution in [0.5, 0.6) is 11.5 Å². The first-order chi connectivity index (χ1) is 14.6. The Hall–Kier alpha value is -2.60. The van der Waals surface area contributed by atoms with E-state index in [4.69, 9.17) is 9.47 Å². The van der Waals surface area contributed by atoms with Crippen LogP contribution in [0.25, 0.3) is 10.2 Å².